The van der Waals surface area contributed by atoms with Crippen molar-refractivity contribution in [2.24, 2.45) is 4.99 Å². The number of amides is 1. The third-order valence-electron chi connectivity index (χ3n) is 4.83. The van der Waals surface area contributed by atoms with Gasteiger partial charge in [0.05, 0.1) is 18.7 Å². The van der Waals surface area contributed by atoms with Gasteiger partial charge in [0.1, 0.15) is 0 Å². The molecule has 0 spiro atoms. The smallest absolute Gasteiger partial charge is 0.409 e. The first kappa shape index (κ1) is 23.2. The van der Waals surface area contributed by atoms with Gasteiger partial charge in [-0.15, -0.1) is 24.0 Å². The molecule has 0 atom stereocenters. The predicted octanol–water partition coefficient (Wildman–Crippen LogP) is 3.53. The van der Waals surface area contributed by atoms with Crippen LogP contribution in [0, 0.1) is 0 Å². The first-order valence-corrected chi connectivity index (χ1v) is 10.0. The van der Waals surface area contributed by atoms with E-state index in [0.29, 0.717) is 26.2 Å². The molecule has 1 saturated heterocycles. The van der Waals surface area contributed by atoms with Gasteiger partial charge in [-0.1, -0.05) is 24.3 Å². The highest BCUT2D eigenvalue weighted by molar-refractivity contribution is 14.0. The van der Waals surface area contributed by atoms with E-state index in [2.05, 4.69) is 40.7 Å². The number of hydrogen-bond acceptors (Lipinski definition) is 4. The average Bonchev–Trinajstić information content (AvgIpc) is 2.73. The zero-order chi connectivity index (χ0) is 19.8. The van der Waals surface area contributed by atoms with Gasteiger partial charge in [-0.2, -0.15) is 0 Å². The summed E-state index contributed by atoms with van der Waals surface area (Å²) < 4.78 is 5.08. The minimum absolute atomic E-state index is 0. The number of likely N-dealkylation sites (tertiary alicyclic amines) is 1. The highest BCUT2D eigenvalue weighted by atomic mass is 127. The molecule has 3 rings (SSSR count). The van der Waals surface area contributed by atoms with Gasteiger partial charge in [-0.05, 0) is 38.3 Å². The van der Waals surface area contributed by atoms with E-state index in [4.69, 9.17) is 9.73 Å². The monoisotopic (exact) mass is 511 g/mol. The summed E-state index contributed by atoms with van der Waals surface area (Å²) in [7, 11) is 0. The summed E-state index contributed by atoms with van der Waals surface area (Å²) in [5.41, 5.74) is 2.10. The zero-order valence-corrected chi connectivity index (χ0v) is 19.4. The molecule has 7 nitrogen and oxygen atoms in total. The predicted molar refractivity (Wildman–Crippen MR) is 127 cm³/mol. The van der Waals surface area contributed by atoms with Gasteiger partial charge in [-0.3, -0.25) is 4.98 Å². The molecular weight excluding hydrogens is 481 g/mol. The number of nitrogens with zero attached hydrogens (tertiary/aromatic N) is 3. The number of rotatable bonds is 5. The summed E-state index contributed by atoms with van der Waals surface area (Å²) in [6.07, 6.45) is 3.35. The van der Waals surface area contributed by atoms with Crippen molar-refractivity contribution in [3.8, 4) is 0 Å². The van der Waals surface area contributed by atoms with Crippen molar-refractivity contribution in [2.75, 3.05) is 26.2 Å². The standard InChI is InChI=1S/C21H29N5O2.HI/c1-3-22-20(25-18-10-13-26(14-11-18)21(27)28-4-2)24-15-17-8-5-7-16-9-6-12-23-19(16)17;/h5-9,12,18H,3-4,10-11,13-15H2,1-2H3,(H2,22,24,25);1H. The van der Waals surface area contributed by atoms with Crippen molar-refractivity contribution in [3.05, 3.63) is 42.1 Å². The number of halogens is 1. The molecule has 2 N–H and O–H groups in total. The van der Waals surface area contributed by atoms with E-state index in [1.807, 2.05) is 25.3 Å². The first-order chi connectivity index (χ1) is 13.7. The van der Waals surface area contributed by atoms with Crippen LogP contribution in [0.15, 0.2) is 41.5 Å². The van der Waals surface area contributed by atoms with Gasteiger partial charge < -0.3 is 20.3 Å². The molecule has 0 unspecified atom stereocenters. The molecule has 1 fully saturated rings. The molecule has 1 aliphatic heterocycles. The number of para-hydroxylation sites is 1. The number of piperidine rings is 1. The van der Waals surface area contributed by atoms with Gasteiger partial charge >= 0.3 is 6.09 Å². The topological polar surface area (TPSA) is 78.9 Å². The molecule has 1 aromatic heterocycles. The summed E-state index contributed by atoms with van der Waals surface area (Å²) in [4.78, 5) is 22.9. The molecule has 2 aromatic rings. The van der Waals surface area contributed by atoms with Gasteiger partial charge in [0.2, 0.25) is 0 Å². The maximum absolute atomic E-state index is 11.8. The van der Waals surface area contributed by atoms with Gasteiger partial charge in [-0.25, -0.2) is 9.79 Å². The molecule has 1 aliphatic rings. The Labute approximate surface area is 189 Å². The maximum Gasteiger partial charge on any atom is 0.409 e. The van der Waals surface area contributed by atoms with Crippen molar-refractivity contribution in [1.29, 1.82) is 0 Å². The van der Waals surface area contributed by atoms with Gasteiger partial charge in [0.25, 0.3) is 0 Å². The Morgan fingerprint density at radius 3 is 2.72 bits per heavy atom. The summed E-state index contributed by atoms with van der Waals surface area (Å²) in [6, 6.07) is 10.5. The highest BCUT2D eigenvalue weighted by Crippen LogP contribution is 2.17. The lowest BCUT2D eigenvalue weighted by Gasteiger charge is -2.32. The number of ether oxygens (including phenoxy) is 1. The van der Waals surface area contributed by atoms with E-state index in [1.54, 1.807) is 4.90 Å². The van der Waals surface area contributed by atoms with Crippen LogP contribution < -0.4 is 10.6 Å². The third-order valence-corrected chi connectivity index (χ3v) is 4.83. The quantitative estimate of drug-likeness (QED) is 0.365. The SMILES string of the molecule is CCNC(=NCc1cccc2cccnc12)NC1CCN(C(=O)OCC)CC1.I. The molecule has 158 valence electrons. The molecule has 2 heterocycles. The number of carbonyl (C=O) groups excluding carboxylic acids is 1. The lowest BCUT2D eigenvalue weighted by molar-refractivity contribution is 0.0963. The molecule has 0 aliphatic carbocycles. The van der Waals surface area contributed by atoms with Crippen LogP contribution in [0.1, 0.15) is 32.3 Å². The fourth-order valence-corrected chi connectivity index (χ4v) is 3.39. The number of aliphatic imine (C=N–C) groups is 1. The molecule has 0 radical (unpaired) electrons. The number of fused-ring (bicyclic) bond motifs is 1. The molecule has 8 heteroatoms. The Morgan fingerprint density at radius 1 is 1.24 bits per heavy atom. The molecule has 0 bridgehead atoms. The van der Waals surface area contributed by atoms with E-state index < -0.39 is 0 Å². The lowest BCUT2D eigenvalue weighted by Crippen LogP contribution is -2.49. The largest absolute Gasteiger partial charge is 0.450 e. The Hall–Kier alpha value is -2.10. The van der Waals surface area contributed by atoms with Crippen LogP contribution in [-0.2, 0) is 11.3 Å². The summed E-state index contributed by atoms with van der Waals surface area (Å²) in [5, 5.41) is 7.95. The van der Waals surface area contributed by atoms with Crippen LogP contribution in [-0.4, -0.2) is 54.2 Å². The Balaban J connectivity index is 0.00000300. The van der Waals surface area contributed by atoms with E-state index in [1.165, 1.54) is 0 Å². The van der Waals surface area contributed by atoms with Crippen LogP contribution in [0.5, 0.6) is 0 Å². The number of carbonyl (C=O) groups is 1. The number of nitrogens with one attached hydrogen (secondary N) is 2. The second kappa shape index (κ2) is 11.8. The second-order valence-electron chi connectivity index (χ2n) is 6.79. The Bertz CT molecular complexity index is 816. The van der Waals surface area contributed by atoms with Crippen LogP contribution in [0.4, 0.5) is 4.79 Å². The number of aromatic nitrogens is 1. The second-order valence-corrected chi connectivity index (χ2v) is 6.79. The highest BCUT2D eigenvalue weighted by Gasteiger charge is 2.24. The van der Waals surface area contributed by atoms with Crippen LogP contribution in [0.25, 0.3) is 10.9 Å². The van der Waals surface area contributed by atoms with Crippen molar-refractivity contribution >= 4 is 46.9 Å². The number of benzene rings is 1. The summed E-state index contributed by atoms with van der Waals surface area (Å²) in [5.74, 6) is 0.796. The van der Waals surface area contributed by atoms with Crippen molar-refractivity contribution < 1.29 is 9.53 Å². The first-order valence-electron chi connectivity index (χ1n) is 10.0. The van der Waals surface area contributed by atoms with Crippen molar-refractivity contribution in [2.45, 2.75) is 39.3 Å². The van der Waals surface area contributed by atoms with Gasteiger partial charge in [0, 0.05) is 37.3 Å². The van der Waals surface area contributed by atoms with Crippen molar-refractivity contribution in [3.63, 3.8) is 0 Å². The number of hydrogen-bond donors (Lipinski definition) is 2. The fourth-order valence-electron chi connectivity index (χ4n) is 3.39. The Kier molecular flexibility index (Phi) is 9.43. The van der Waals surface area contributed by atoms with Crippen LogP contribution >= 0.6 is 24.0 Å². The van der Waals surface area contributed by atoms with E-state index in [9.17, 15) is 4.79 Å². The zero-order valence-electron chi connectivity index (χ0n) is 17.1. The van der Waals surface area contributed by atoms with Crippen LogP contribution in [0.3, 0.4) is 0 Å². The lowest BCUT2D eigenvalue weighted by atomic mass is 10.1. The third kappa shape index (κ3) is 6.45. The molecule has 1 aromatic carbocycles. The average molecular weight is 511 g/mol. The molecular formula is C21H30IN5O2. The molecule has 1 amide bonds. The van der Waals surface area contributed by atoms with Crippen LogP contribution in [0.2, 0.25) is 0 Å². The minimum atomic E-state index is -0.218. The van der Waals surface area contributed by atoms with Gasteiger partial charge in [0.15, 0.2) is 5.96 Å². The Morgan fingerprint density at radius 2 is 2.00 bits per heavy atom. The van der Waals surface area contributed by atoms with E-state index >= 15 is 0 Å². The number of guanidine groups is 1. The molecule has 0 saturated carbocycles. The summed E-state index contributed by atoms with van der Waals surface area (Å²) in [6.45, 7) is 7.05. The number of pyridine rings is 1. The normalized spacial score (nSPS) is 15.0. The van der Waals surface area contributed by atoms with Crippen molar-refractivity contribution in [1.82, 2.24) is 20.5 Å². The fraction of sp³-hybridized carbons (Fsp3) is 0.476. The van der Waals surface area contributed by atoms with E-state index in [0.717, 1.165) is 41.8 Å². The maximum atomic E-state index is 11.8. The summed E-state index contributed by atoms with van der Waals surface area (Å²) >= 11 is 0. The van der Waals surface area contributed by atoms with E-state index in [-0.39, 0.29) is 36.1 Å². The molecule has 29 heavy (non-hydrogen) atoms. The minimum Gasteiger partial charge on any atom is -0.450 e.